The third-order valence-electron chi connectivity index (χ3n) is 2.19. The third-order valence-corrected chi connectivity index (χ3v) is 2.19. The topological polar surface area (TPSA) is 108 Å². The van der Waals surface area contributed by atoms with Crippen LogP contribution in [0.4, 0.5) is 4.79 Å². The fourth-order valence-electron chi connectivity index (χ4n) is 1.22. The number of nitrogens with one attached hydrogen (secondary N) is 2. The van der Waals surface area contributed by atoms with Crippen molar-refractivity contribution in [2.45, 2.75) is 13.5 Å². The summed E-state index contributed by atoms with van der Waals surface area (Å²) in [5.41, 5.74) is 1.79. The molecular weight excluding hydrogens is 250 g/mol. The van der Waals surface area contributed by atoms with Crippen molar-refractivity contribution < 1.29 is 19.5 Å². The lowest BCUT2D eigenvalue weighted by molar-refractivity contribution is -0.131. The largest absolute Gasteiger partial charge is 0.478 e. The minimum atomic E-state index is -1.26. The number of carbonyl (C=O) groups excluding carboxylic acids is 2. The van der Waals surface area contributed by atoms with E-state index in [2.05, 4.69) is 10.3 Å². The van der Waals surface area contributed by atoms with Gasteiger partial charge in [0.1, 0.15) is 0 Å². The number of amides is 3. The zero-order valence-electron chi connectivity index (χ0n) is 10.2. The molecule has 0 unspecified atom stereocenters. The van der Waals surface area contributed by atoms with Crippen LogP contribution >= 0.6 is 0 Å². The Bertz CT molecular complexity index is 525. The molecule has 1 heterocycles. The first-order chi connectivity index (χ1) is 8.99. The van der Waals surface area contributed by atoms with Crippen molar-refractivity contribution in [3.8, 4) is 0 Å². The predicted octanol–water partition coefficient (Wildman–Crippen LogP) is 0.357. The minimum absolute atomic E-state index is 0.246. The Balaban J connectivity index is 2.42. The van der Waals surface area contributed by atoms with Gasteiger partial charge in [-0.1, -0.05) is 0 Å². The number of imide groups is 1. The number of aryl methyl sites for hydroxylation is 1. The summed E-state index contributed by atoms with van der Waals surface area (Å²) < 4.78 is 0. The summed E-state index contributed by atoms with van der Waals surface area (Å²) in [6.45, 7) is 2.10. The van der Waals surface area contributed by atoms with Gasteiger partial charge >= 0.3 is 12.0 Å². The Morgan fingerprint density at radius 1 is 1.37 bits per heavy atom. The number of nitrogens with zero attached hydrogens (tertiary/aromatic N) is 1. The summed E-state index contributed by atoms with van der Waals surface area (Å²) in [7, 11) is 0. The molecule has 1 aromatic heterocycles. The van der Waals surface area contributed by atoms with Crippen molar-refractivity contribution in [3.63, 3.8) is 0 Å². The molecule has 1 aromatic rings. The first-order valence-corrected chi connectivity index (χ1v) is 5.38. The molecule has 3 amide bonds. The van der Waals surface area contributed by atoms with Crippen LogP contribution in [0, 0.1) is 6.92 Å². The summed E-state index contributed by atoms with van der Waals surface area (Å²) in [6, 6.07) is 1.05. The molecule has 0 saturated carbocycles. The van der Waals surface area contributed by atoms with Crippen molar-refractivity contribution in [3.05, 3.63) is 41.7 Å². The van der Waals surface area contributed by atoms with Gasteiger partial charge in [0.2, 0.25) is 0 Å². The van der Waals surface area contributed by atoms with Crippen LogP contribution in [0.25, 0.3) is 0 Å². The van der Waals surface area contributed by atoms with Crippen molar-refractivity contribution >= 4 is 17.9 Å². The van der Waals surface area contributed by atoms with E-state index in [0.29, 0.717) is 6.08 Å². The number of pyridine rings is 1. The van der Waals surface area contributed by atoms with Crippen LogP contribution in [0.15, 0.2) is 30.6 Å². The summed E-state index contributed by atoms with van der Waals surface area (Å²) in [5, 5.41) is 12.8. The van der Waals surface area contributed by atoms with Crippen LogP contribution in [0.3, 0.4) is 0 Å². The molecule has 19 heavy (non-hydrogen) atoms. The smallest absolute Gasteiger partial charge is 0.328 e. The lowest BCUT2D eigenvalue weighted by Crippen LogP contribution is -2.38. The molecule has 7 heteroatoms. The maximum Gasteiger partial charge on any atom is 0.328 e. The zero-order chi connectivity index (χ0) is 14.3. The second-order valence-corrected chi connectivity index (χ2v) is 3.65. The van der Waals surface area contributed by atoms with Gasteiger partial charge in [-0.2, -0.15) is 0 Å². The van der Waals surface area contributed by atoms with Crippen molar-refractivity contribution in [2.75, 3.05) is 0 Å². The van der Waals surface area contributed by atoms with Crippen LogP contribution in [-0.2, 0) is 16.1 Å². The maximum absolute atomic E-state index is 11.3. The van der Waals surface area contributed by atoms with E-state index in [4.69, 9.17) is 5.11 Å². The van der Waals surface area contributed by atoms with E-state index in [1.807, 2.05) is 12.2 Å². The molecule has 0 atom stereocenters. The van der Waals surface area contributed by atoms with Crippen LogP contribution in [0.1, 0.15) is 11.1 Å². The van der Waals surface area contributed by atoms with Gasteiger partial charge in [-0.3, -0.25) is 15.1 Å². The molecule has 0 radical (unpaired) electrons. The van der Waals surface area contributed by atoms with Gasteiger partial charge in [0.25, 0.3) is 5.91 Å². The maximum atomic E-state index is 11.3. The van der Waals surface area contributed by atoms with Gasteiger partial charge in [0, 0.05) is 31.1 Å². The molecular formula is C12H13N3O4. The number of aliphatic carboxylic acids is 1. The highest BCUT2D eigenvalue weighted by Crippen LogP contribution is 2.03. The quantitative estimate of drug-likeness (QED) is 0.679. The third kappa shape index (κ3) is 5.44. The Hall–Kier alpha value is -2.70. The van der Waals surface area contributed by atoms with Gasteiger partial charge in [-0.15, -0.1) is 0 Å². The molecule has 3 N–H and O–H groups in total. The molecule has 100 valence electrons. The van der Waals surface area contributed by atoms with Crippen LogP contribution < -0.4 is 10.6 Å². The van der Waals surface area contributed by atoms with E-state index in [1.54, 1.807) is 18.5 Å². The molecule has 0 aliphatic heterocycles. The number of carboxylic acid groups (broad SMARTS) is 1. The Morgan fingerprint density at radius 2 is 2.11 bits per heavy atom. The SMILES string of the molecule is Cc1cnccc1CNC(=O)NC(=O)/C=C/C(=O)O. The van der Waals surface area contributed by atoms with E-state index in [9.17, 15) is 14.4 Å². The lowest BCUT2D eigenvalue weighted by Gasteiger charge is -2.07. The van der Waals surface area contributed by atoms with E-state index in [0.717, 1.165) is 17.2 Å². The average Bonchev–Trinajstić information content (AvgIpc) is 2.35. The van der Waals surface area contributed by atoms with Gasteiger partial charge in [0.05, 0.1) is 0 Å². The number of hydrogen-bond acceptors (Lipinski definition) is 4. The molecule has 1 rings (SSSR count). The summed E-state index contributed by atoms with van der Waals surface area (Å²) in [6.07, 6.45) is 4.67. The summed E-state index contributed by atoms with van der Waals surface area (Å²) in [4.78, 5) is 36.5. The van der Waals surface area contributed by atoms with Gasteiger partial charge in [0.15, 0.2) is 0 Å². The first kappa shape index (κ1) is 14.4. The number of carbonyl (C=O) groups is 3. The normalized spacial score (nSPS) is 10.2. The van der Waals surface area contributed by atoms with E-state index in [-0.39, 0.29) is 6.54 Å². The number of rotatable bonds is 4. The highest BCUT2D eigenvalue weighted by atomic mass is 16.4. The number of aromatic nitrogens is 1. The highest BCUT2D eigenvalue weighted by molar-refractivity contribution is 6.02. The van der Waals surface area contributed by atoms with Crippen molar-refractivity contribution in [2.24, 2.45) is 0 Å². The molecule has 0 bridgehead atoms. The number of hydrogen-bond donors (Lipinski definition) is 3. The van der Waals surface area contributed by atoms with Gasteiger partial charge in [-0.05, 0) is 24.1 Å². The van der Waals surface area contributed by atoms with Crippen molar-refractivity contribution in [1.29, 1.82) is 0 Å². The van der Waals surface area contributed by atoms with Gasteiger partial charge < -0.3 is 10.4 Å². The van der Waals surface area contributed by atoms with Crippen LogP contribution in [-0.4, -0.2) is 28.0 Å². The molecule has 0 fully saturated rings. The van der Waals surface area contributed by atoms with Crippen LogP contribution in [0.2, 0.25) is 0 Å². The number of carboxylic acids is 1. The molecule has 0 aliphatic carbocycles. The first-order valence-electron chi connectivity index (χ1n) is 5.38. The van der Waals surface area contributed by atoms with E-state index >= 15 is 0 Å². The Kier molecular flexibility index (Phi) is 5.21. The summed E-state index contributed by atoms with van der Waals surface area (Å²) >= 11 is 0. The molecule has 0 spiro atoms. The fraction of sp³-hybridized carbons (Fsp3) is 0.167. The Morgan fingerprint density at radius 3 is 2.74 bits per heavy atom. The van der Waals surface area contributed by atoms with Gasteiger partial charge in [-0.25, -0.2) is 9.59 Å². The highest BCUT2D eigenvalue weighted by Gasteiger charge is 2.05. The monoisotopic (exact) mass is 263 g/mol. The Labute approximate surface area is 109 Å². The lowest BCUT2D eigenvalue weighted by atomic mass is 10.1. The minimum Gasteiger partial charge on any atom is -0.478 e. The average molecular weight is 263 g/mol. The molecule has 0 aliphatic rings. The van der Waals surface area contributed by atoms with E-state index < -0.39 is 17.9 Å². The van der Waals surface area contributed by atoms with E-state index in [1.165, 1.54) is 0 Å². The van der Waals surface area contributed by atoms with Crippen LogP contribution in [0.5, 0.6) is 0 Å². The second kappa shape index (κ2) is 6.90. The predicted molar refractivity (Wildman–Crippen MR) is 66.1 cm³/mol. The summed E-state index contributed by atoms with van der Waals surface area (Å²) in [5.74, 6) is -2.06. The van der Waals surface area contributed by atoms with Crippen molar-refractivity contribution in [1.82, 2.24) is 15.6 Å². The molecule has 7 nitrogen and oxygen atoms in total. The standard InChI is InChI=1S/C12H13N3O4/c1-8-6-13-5-4-9(8)7-14-12(19)15-10(16)2-3-11(17)18/h2-6H,7H2,1H3,(H,17,18)(H2,14,15,16,19)/b3-2+. The molecule has 0 saturated heterocycles. The number of urea groups is 1. The molecule has 0 aromatic carbocycles. The zero-order valence-corrected chi connectivity index (χ0v) is 10.2. The fourth-order valence-corrected chi connectivity index (χ4v) is 1.22. The second-order valence-electron chi connectivity index (χ2n) is 3.65.